The summed E-state index contributed by atoms with van der Waals surface area (Å²) in [5, 5.41) is 46.7. The Morgan fingerprint density at radius 2 is 0.910 bits per heavy atom. The van der Waals surface area contributed by atoms with Crippen LogP contribution < -0.4 is 16.4 Å². The molecule has 5 amide bonds. The number of hydrogen-bond donors (Lipinski definition) is 7. The largest absolute Gasteiger partial charge is 0.479 e. The van der Waals surface area contributed by atoms with E-state index >= 15 is 0 Å². The van der Waals surface area contributed by atoms with Crippen molar-refractivity contribution in [3.05, 3.63) is 276 Å². The Morgan fingerprint density at radius 1 is 0.508 bits per heavy atom. The average molecular weight is 2100 g/mol. The van der Waals surface area contributed by atoms with Crippen LogP contribution in [-0.4, -0.2) is 163 Å². The van der Waals surface area contributed by atoms with Gasteiger partial charge in [-0.15, -0.1) is 0 Å². The minimum absolute atomic E-state index is 0.0214. The first-order valence-corrected chi connectivity index (χ1v) is 44.4. The normalized spacial score (nSPS) is 20.5. The highest BCUT2D eigenvalue weighted by Crippen LogP contribution is 2.41. The highest BCUT2D eigenvalue weighted by molar-refractivity contribution is 14.1. The summed E-state index contributed by atoms with van der Waals surface area (Å²) < 4.78 is 27.6. The molecule has 5 fully saturated rings. The van der Waals surface area contributed by atoms with Crippen molar-refractivity contribution in [2.45, 2.75) is 184 Å². The van der Waals surface area contributed by atoms with Crippen LogP contribution in [0.15, 0.2) is 207 Å². The van der Waals surface area contributed by atoms with Gasteiger partial charge in [-0.1, -0.05) is 102 Å². The fourth-order valence-electron chi connectivity index (χ4n) is 14.0. The molecule has 0 aliphatic carbocycles. The van der Waals surface area contributed by atoms with E-state index in [1.54, 1.807) is 137 Å². The molecule has 8 N–H and O–H groups in total. The molecule has 4 unspecified atom stereocenters. The number of nitrogens with two attached hydrogens (primary N) is 1. The first-order valence-electron chi connectivity index (χ1n) is 39.0. The molecule has 5 aliphatic rings. The van der Waals surface area contributed by atoms with Crippen LogP contribution >= 0.6 is 121 Å². The van der Waals surface area contributed by atoms with Gasteiger partial charge in [0.2, 0.25) is 0 Å². The van der Waals surface area contributed by atoms with E-state index in [0.717, 1.165) is 87.2 Å². The Bertz CT molecular complexity index is 5010. The number of carboxylic acid groups (broad SMARTS) is 1. The predicted molar refractivity (Wildman–Crippen MR) is 485 cm³/mol. The topological polar surface area (TPSA) is 349 Å². The van der Waals surface area contributed by atoms with Gasteiger partial charge >= 0.3 is 5.97 Å². The number of pyridine rings is 5. The lowest BCUT2D eigenvalue weighted by Crippen LogP contribution is -2.51. The van der Waals surface area contributed by atoms with E-state index in [9.17, 15) is 44.1 Å². The van der Waals surface area contributed by atoms with E-state index in [2.05, 4.69) is 127 Å². The Kier molecular flexibility index (Phi) is 36.8. The summed E-state index contributed by atoms with van der Waals surface area (Å²) in [6, 6.07) is 46.4. The van der Waals surface area contributed by atoms with Gasteiger partial charge in [-0.05, 0) is 299 Å². The van der Waals surface area contributed by atoms with Gasteiger partial charge < -0.3 is 70.4 Å². The van der Waals surface area contributed by atoms with Gasteiger partial charge in [0.15, 0.2) is 53.9 Å². The van der Waals surface area contributed by atoms with Crippen LogP contribution in [0.4, 0.5) is 5.69 Å². The average Bonchev–Trinajstić information content (AvgIpc) is 1.63. The van der Waals surface area contributed by atoms with Gasteiger partial charge in [-0.25, -0.2) is 14.6 Å². The maximum atomic E-state index is 13.6. The second kappa shape index (κ2) is 45.9. The number of ether oxygens (including phenoxy) is 4. The molecule has 34 heteroatoms. The fourth-order valence-corrected chi connectivity index (χ4v) is 15.8. The van der Waals surface area contributed by atoms with Crippen LogP contribution in [0, 0.1) is 10.3 Å². The number of aliphatic hydroxyl groups is 3. The number of aromatic nitrogens is 5. The number of carbonyl (C=O) groups excluding carboxylic acids is 5. The van der Waals surface area contributed by atoms with Gasteiger partial charge in [-0.2, -0.15) is 0 Å². The monoisotopic (exact) mass is 2090 g/mol. The number of carboxylic acids is 1. The Morgan fingerprint density at radius 3 is 1.32 bits per heavy atom. The summed E-state index contributed by atoms with van der Waals surface area (Å²) in [7, 11) is 0. The van der Waals surface area contributed by atoms with Crippen LogP contribution in [0.25, 0.3) is 16.0 Å². The first-order chi connectivity index (χ1) is 57.9. The number of hydrogen-bond acceptors (Lipinski definition) is 19. The second-order valence-electron chi connectivity index (χ2n) is 29.9. The SMILES string of the molecule is Brc1ccc(I)nc1.CC(N)c1ccc(Br)cn1.CC(NC(=O)[C@@H]1OC(C)(C)O[C@H]1C(=O)N1CCC[C@@H]1c1cccc(Cl)c1)c1ccc(Br)cn1.CC(O)c1ccc(Br)cn1.CC1(C)O[C@@H](C(=O)O)[C@H](C(=O)N2CCC[C@@H]2c2cccc(Cl)c2)O1.[C-]#[N+]c1ccccc1-c1ccc(C(C)NC(=O)[C@H](O)[C@@H](O)C(=O)N2CCC[C@@H]2c2cccc(Cl)c2)nc1. The summed E-state index contributed by atoms with van der Waals surface area (Å²) in [5.41, 5.74) is 13.2. The quantitative estimate of drug-likeness (QED) is 0.0253. The van der Waals surface area contributed by atoms with E-state index in [1.807, 2.05) is 117 Å². The lowest BCUT2D eigenvalue weighted by molar-refractivity contribution is -0.167. The van der Waals surface area contributed by atoms with Crippen molar-refractivity contribution in [2.24, 2.45) is 5.73 Å². The van der Waals surface area contributed by atoms with Crippen LogP contribution in [0.5, 0.6) is 0 Å². The van der Waals surface area contributed by atoms with E-state index in [-0.39, 0.29) is 42.0 Å². The van der Waals surface area contributed by atoms with Gasteiger partial charge in [0.1, 0.15) is 3.70 Å². The highest BCUT2D eigenvalue weighted by atomic mass is 127. The first kappa shape index (κ1) is 97.9. The lowest BCUT2D eigenvalue weighted by Gasteiger charge is -2.29. The molecule has 5 saturated heterocycles. The number of aliphatic hydroxyl groups excluding tert-OH is 3. The molecular weight excluding hydrogens is 2000 g/mol. The molecule has 4 aromatic carbocycles. The molecular formula is C88H94Br4Cl3IN12O14. The van der Waals surface area contributed by atoms with E-state index in [4.69, 9.17) is 71.2 Å². The van der Waals surface area contributed by atoms with Crippen molar-refractivity contribution < 1.29 is 68.1 Å². The minimum Gasteiger partial charge on any atom is -0.479 e. The molecule has 0 radical (unpaired) electrons. The van der Waals surface area contributed by atoms with Gasteiger partial charge in [0.25, 0.3) is 29.5 Å². The molecule has 10 heterocycles. The van der Waals surface area contributed by atoms with Crippen LogP contribution in [-0.2, 0) is 47.7 Å². The third-order valence-corrected chi connectivity index (χ3v) is 23.1. The molecule has 9 aromatic rings. The van der Waals surface area contributed by atoms with Crippen molar-refractivity contribution in [3.8, 4) is 11.1 Å². The van der Waals surface area contributed by atoms with Gasteiger partial charge in [0.05, 0.1) is 65.7 Å². The Balaban J connectivity index is 0.000000181. The summed E-state index contributed by atoms with van der Waals surface area (Å²) >= 11 is 33.7. The smallest absolute Gasteiger partial charge is 0.336 e. The number of para-hydroxylation sites is 1. The number of aliphatic carboxylic acids is 1. The number of amides is 5. The van der Waals surface area contributed by atoms with Gasteiger partial charge in [-0.3, -0.25) is 43.9 Å². The molecule has 14 rings (SSSR count). The standard InChI is InChI=1S/C28H27ClN4O4.C24H27BrClN3O4.C17H20ClNO5.C7H9BrN2.C7H8BrNO.C5H3BrIN/c1-17(22-13-12-19(16-31-22)21-9-3-4-10-23(21)30-2)32-27(36)25(34)26(35)28(37)33-14-6-11-24(33)18-7-5-8-20(29)15-18;1-14(18-10-9-16(25)13-27-18)28-22(30)20-21(33-24(2,3)32-20)23(31)29-11-5-8-19(29)15-6-4-7-17(26)12-15;1-17(2)23-13(14(24-17)16(21)22)15(20)19-8-4-7-12(19)10-5-3-6-11(18)9-10;1-5(9)7-3-2-6(8)4-10-7;1-5(10)7-3-2-6(8)4-9-7;6-4-1-2-5(7)8-3-4/h3-5,7-10,12-13,15-17,24-26,34-35H,6,11,14H2,1H3,(H,32,36);4,6-7,9-10,12-14,19-21H,5,8,11H2,1-3H3,(H,28,30);3,5-6,9,12-14H,4,7-8H2,1-2H3,(H,21,22);2-5H,9H2,1H3;2-5,10H,1H3;1-3H/t17?,24-,25-,26-;14?,19-,20-,21-;12-,13-,14-;;;/m111.../s1. The third-order valence-electron chi connectivity index (χ3n) is 19.9. The summed E-state index contributed by atoms with van der Waals surface area (Å²) in [5.74, 6) is -5.96. The van der Waals surface area contributed by atoms with Crippen molar-refractivity contribution in [3.63, 3.8) is 0 Å². The maximum absolute atomic E-state index is 13.6. The second-order valence-corrected chi connectivity index (χ2v) is 36.0. The predicted octanol–water partition coefficient (Wildman–Crippen LogP) is 17.6. The number of carbonyl (C=O) groups is 6. The summed E-state index contributed by atoms with van der Waals surface area (Å²) in [6.45, 7) is 22.6. The molecule has 5 aromatic heterocycles. The molecule has 0 spiro atoms. The van der Waals surface area contributed by atoms with Crippen molar-refractivity contribution in [1.82, 2.24) is 50.3 Å². The number of rotatable bonds is 17. The van der Waals surface area contributed by atoms with E-state index in [0.29, 0.717) is 63.9 Å². The Hall–Kier alpha value is -7.86. The number of benzene rings is 4. The van der Waals surface area contributed by atoms with Crippen LogP contribution in [0.1, 0.15) is 176 Å². The number of likely N-dealkylation sites (tertiary alicyclic amines) is 3. The summed E-state index contributed by atoms with van der Waals surface area (Å²) in [6.07, 6.45) is 4.38. The lowest BCUT2D eigenvalue weighted by atomic mass is 10.0. The number of halogens is 8. The zero-order chi connectivity index (χ0) is 88.9. The molecule has 13 atom stereocenters. The highest BCUT2D eigenvalue weighted by Gasteiger charge is 2.53. The molecule has 0 saturated carbocycles. The third kappa shape index (κ3) is 27.8. The van der Waals surface area contributed by atoms with Crippen LogP contribution in [0.2, 0.25) is 15.1 Å². The molecule has 0 bridgehead atoms. The van der Waals surface area contributed by atoms with Crippen molar-refractivity contribution in [2.75, 3.05) is 19.6 Å². The van der Waals surface area contributed by atoms with Crippen molar-refractivity contribution in [1.29, 1.82) is 0 Å². The maximum Gasteiger partial charge on any atom is 0.336 e. The number of nitrogens with one attached hydrogen (secondary N) is 2. The van der Waals surface area contributed by atoms with Gasteiger partial charge in [0, 0.05) is 89.6 Å². The molecule has 5 aliphatic heterocycles. The molecule has 122 heavy (non-hydrogen) atoms. The zero-order valence-electron chi connectivity index (χ0n) is 67.8. The van der Waals surface area contributed by atoms with E-state index < -0.39 is 84.0 Å². The minimum atomic E-state index is -1.94. The molecule has 646 valence electrons. The van der Waals surface area contributed by atoms with E-state index in [1.165, 1.54) is 4.90 Å². The zero-order valence-corrected chi connectivity index (χ0v) is 78.5. The van der Waals surface area contributed by atoms with Crippen molar-refractivity contribution >= 4 is 162 Å². The fraction of sp³-hybridized carbons (Fsp3) is 0.364. The summed E-state index contributed by atoms with van der Waals surface area (Å²) in [4.78, 5) is 106. The van der Waals surface area contributed by atoms with Crippen LogP contribution in [0.3, 0.4) is 0 Å². The Labute approximate surface area is 771 Å². The number of nitrogens with zero attached hydrogens (tertiary/aromatic N) is 9. The molecule has 26 nitrogen and oxygen atoms in total.